The molecule has 0 bridgehead atoms. The summed E-state index contributed by atoms with van der Waals surface area (Å²) >= 11 is 1.41. The molecule has 0 spiro atoms. The topological polar surface area (TPSA) is 67.9 Å². The molecule has 3 rings (SSSR count). The van der Waals surface area contributed by atoms with Crippen molar-refractivity contribution in [1.29, 1.82) is 5.26 Å². The molecular formula is C19H17N3O2S. The van der Waals surface area contributed by atoms with Crippen LogP contribution in [0.5, 0.6) is 5.75 Å². The van der Waals surface area contributed by atoms with Crippen LogP contribution >= 0.6 is 11.8 Å². The number of aromatic nitrogens is 2. The Bertz CT molecular complexity index is 1010. The van der Waals surface area contributed by atoms with E-state index in [-0.39, 0.29) is 11.5 Å². The first-order valence-corrected chi connectivity index (χ1v) is 8.81. The molecule has 0 saturated carbocycles. The third-order valence-corrected chi connectivity index (χ3v) is 4.94. The Kier molecular flexibility index (Phi) is 5.05. The lowest BCUT2D eigenvalue weighted by molar-refractivity contribution is 0.414. The van der Waals surface area contributed by atoms with E-state index in [1.165, 1.54) is 11.8 Å². The minimum Gasteiger partial charge on any atom is -0.497 e. The van der Waals surface area contributed by atoms with Gasteiger partial charge in [0.2, 0.25) is 0 Å². The molecule has 1 aromatic heterocycles. The molecule has 126 valence electrons. The number of thioether (sulfide) groups is 1. The second kappa shape index (κ2) is 7.41. The summed E-state index contributed by atoms with van der Waals surface area (Å²) < 4.78 is 6.86. The minimum atomic E-state index is -0.133. The Hall–Kier alpha value is -2.78. The van der Waals surface area contributed by atoms with Crippen LogP contribution in [0.25, 0.3) is 16.6 Å². The molecule has 0 aliphatic rings. The molecule has 2 aromatic carbocycles. The van der Waals surface area contributed by atoms with E-state index in [1.807, 2.05) is 43.3 Å². The van der Waals surface area contributed by atoms with E-state index in [0.717, 1.165) is 0 Å². The number of rotatable bonds is 5. The summed E-state index contributed by atoms with van der Waals surface area (Å²) in [7, 11) is 1.59. The molecule has 3 aromatic rings. The van der Waals surface area contributed by atoms with Crippen LogP contribution in [0.15, 0.2) is 58.5 Å². The van der Waals surface area contributed by atoms with Gasteiger partial charge >= 0.3 is 0 Å². The second-order valence-electron chi connectivity index (χ2n) is 5.59. The molecule has 0 saturated heterocycles. The first-order valence-electron chi connectivity index (χ1n) is 7.82. The van der Waals surface area contributed by atoms with E-state index in [2.05, 4.69) is 11.1 Å². The lowest BCUT2D eigenvalue weighted by Crippen LogP contribution is -2.22. The zero-order valence-electron chi connectivity index (χ0n) is 14.0. The maximum atomic E-state index is 13.1. The summed E-state index contributed by atoms with van der Waals surface area (Å²) in [6, 6.07) is 16.8. The van der Waals surface area contributed by atoms with Gasteiger partial charge in [-0.3, -0.25) is 9.36 Å². The van der Waals surface area contributed by atoms with Crippen molar-refractivity contribution in [2.45, 2.75) is 12.1 Å². The summed E-state index contributed by atoms with van der Waals surface area (Å²) in [4.78, 5) is 17.7. The summed E-state index contributed by atoms with van der Waals surface area (Å²) in [6.45, 7) is 1.85. The van der Waals surface area contributed by atoms with E-state index < -0.39 is 0 Å². The molecule has 0 aliphatic heterocycles. The van der Waals surface area contributed by atoms with Gasteiger partial charge in [0.15, 0.2) is 5.16 Å². The Morgan fingerprint density at radius 1 is 1.28 bits per heavy atom. The third-order valence-electron chi connectivity index (χ3n) is 3.74. The number of nitriles is 1. The average molecular weight is 351 g/mol. The Labute approximate surface area is 149 Å². The van der Waals surface area contributed by atoms with Crippen molar-refractivity contribution < 1.29 is 4.74 Å². The molecule has 5 nitrogen and oxygen atoms in total. The highest BCUT2D eigenvalue weighted by atomic mass is 32.2. The number of fused-ring (bicyclic) bond motifs is 1. The van der Waals surface area contributed by atoms with Crippen LogP contribution in [-0.4, -0.2) is 22.4 Å². The highest BCUT2D eigenvalue weighted by Crippen LogP contribution is 2.24. The number of methoxy groups -OCH3 is 1. The fourth-order valence-corrected chi connectivity index (χ4v) is 3.38. The van der Waals surface area contributed by atoms with Crippen molar-refractivity contribution in [1.82, 2.24) is 9.55 Å². The minimum absolute atomic E-state index is 0.132. The van der Waals surface area contributed by atoms with Gasteiger partial charge in [0, 0.05) is 11.8 Å². The molecule has 1 atom stereocenters. The van der Waals surface area contributed by atoms with Crippen molar-refractivity contribution in [2.75, 3.05) is 12.9 Å². The van der Waals surface area contributed by atoms with Crippen LogP contribution in [0.3, 0.4) is 0 Å². The van der Waals surface area contributed by atoms with Gasteiger partial charge in [-0.05, 0) is 31.2 Å². The predicted octanol–water partition coefficient (Wildman–Crippen LogP) is 3.65. The first-order chi connectivity index (χ1) is 12.1. The molecule has 0 aliphatic carbocycles. The van der Waals surface area contributed by atoms with E-state index in [4.69, 9.17) is 10.00 Å². The van der Waals surface area contributed by atoms with Gasteiger partial charge in [0.1, 0.15) is 5.75 Å². The molecule has 0 amide bonds. The van der Waals surface area contributed by atoms with E-state index in [9.17, 15) is 4.79 Å². The van der Waals surface area contributed by atoms with Crippen LogP contribution in [0, 0.1) is 17.2 Å². The summed E-state index contributed by atoms with van der Waals surface area (Å²) in [5.74, 6) is 1.09. The monoisotopic (exact) mass is 351 g/mol. The van der Waals surface area contributed by atoms with Crippen molar-refractivity contribution in [3.63, 3.8) is 0 Å². The molecule has 6 heteroatoms. The van der Waals surface area contributed by atoms with Gasteiger partial charge < -0.3 is 4.74 Å². The maximum Gasteiger partial charge on any atom is 0.266 e. The Balaban J connectivity index is 2.21. The number of hydrogen-bond donors (Lipinski definition) is 0. The van der Waals surface area contributed by atoms with Crippen LogP contribution < -0.4 is 10.3 Å². The quantitative estimate of drug-likeness (QED) is 0.518. The van der Waals surface area contributed by atoms with Crippen LogP contribution in [-0.2, 0) is 0 Å². The molecule has 0 N–H and O–H groups in total. The molecule has 0 radical (unpaired) electrons. The summed E-state index contributed by atoms with van der Waals surface area (Å²) in [6.07, 6.45) is 0. The molecule has 25 heavy (non-hydrogen) atoms. The van der Waals surface area contributed by atoms with Crippen molar-refractivity contribution in [3.05, 3.63) is 58.9 Å². The second-order valence-corrected chi connectivity index (χ2v) is 6.58. The summed E-state index contributed by atoms with van der Waals surface area (Å²) in [5.41, 5.74) is 1.21. The van der Waals surface area contributed by atoms with Gasteiger partial charge in [-0.1, -0.05) is 30.0 Å². The average Bonchev–Trinajstić information content (AvgIpc) is 2.66. The zero-order valence-corrected chi connectivity index (χ0v) is 14.8. The van der Waals surface area contributed by atoms with E-state index >= 15 is 0 Å². The molecule has 0 fully saturated rings. The summed E-state index contributed by atoms with van der Waals surface area (Å²) in [5, 5.41) is 10.2. The van der Waals surface area contributed by atoms with Gasteiger partial charge in [0.25, 0.3) is 5.56 Å². The fourth-order valence-electron chi connectivity index (χ4n) is 2.42. The van der Waals surface area contributed by atoms with Gasteiger partial charge in [0.05, 0.1) is 35.7 Å². The molecule has 0 unspecified atom stereocenters. The smallest absolute Gasteiger partial charge is 0.266 e. The standard InChI is InChI=1S/C19H17N3O2S/c1-13(11-20)12-25-19-21-17-9-4-3-8-16(17)18(23)22(19)14-6-5-7-15(10-14)24-2/h3-10,13H,12H2,1-2H3/t13-/m0/s1. The third kappa shape index (κ3) is 3.52. The SMILES string of the molecule is COc1cccc(-n2c(SC[C@@H](C)C#N)nc3ccccc3c2=O)c1. The van der Waals surface area contributed by atoms with Crippen molar-refractivity contribution >= 4 is 22.7 Å². The lowest BCUT2D eigenvalue weighted by Gasteiger charge is -2.14. The van der Waals surface area contributed by atoms with Crippen molar-refractivity contribution in [3.8, 4) is 17.5 Å². The number of hydrogen-bond acceptors (Lipinski definition) is 5. The maximum absolute atomic E-state index is 13.1. The first kappa shape index (κ1) is 17.1. The predicted molar refractivity (Wildman–Crippen MR) is 99.4 cm³/mol. The zero-order chi connectivity index (χ0) is 17.8. The van der Waals surface area contributed by atoms with Crippen molar-refractivity contribution in [2.24, 2.45) is 5.92 Å². The highest BCUT2D eigenvalue weighted by Gasteiger charge is 2.14. The Morgan fingerprint density at radius 2 is 2.08 bits per heavy atom. The normalized spacial score (nSPS) is 11.9. The number of ether oxygens (including phenoxy) is 1. The van der Waals surface area contributed by atoms with E-state index in [1.54, 1.807) is 23.8 Å². The van der Waals surface area contributed by atoms with Gasteiger partial charge in [-0.2, -0.15) is 5.26 Å². The molecular weight excluding hydrogens is 334 g/mol. The lowest BCUT2D eigenvalue weighted by atomic mass is 10.2. The van der Waals surface area contributed by atoms with Crippen LogP contribution in [0.2, 0.25) is 0 Å². The number of benzene rings is 2. The van der Waals surface area contributed by atoms with Gasteiger partial charge in [-0.15, -0.1) is 0 Å². The largest absolute Gasteiger partial charge is 0.497 e. The van der Waals surface area contributed by atoms with Crippen LogP contribution in [0.1, 0.15) is 6.92 Å². The van der Waals surface area contributed by atoms with Gasteiger partial charge in [-0.25, -0.2) is 4.98 Å². The fraction of sp³-hybridized carbons (Fsp3) is 0.211. The van der Waals surface area contributed by atoms with Crippen LogP contribution in [0.4, 0.5) is 0 Å². The number of nitrogens with zero attached hydrogens (tertiary/aromatic N) is 3. The molecule has 1 heterocycles. The number of para-hydroxylation sites is 1. The highest BCUT2D eigenvalue weighted by molar-refractivity contribution is 7.99. The Morgan fingerprint density at radius 3 is 2.84 bits per heavy atom. The van der Waals surface area contributed by atoms with E-state index in [0.29, 0.717) is 33.2 Å².